The molecule has 0 aliphatic heterocycles. The first kappa shape index (κ1) is 13.3. The van der Waals surface area contributed by atoms with Gasteiger partial charge in [0.25, 0.3) is 0 Å². The number of nitrogens with zero attached hydrogens (tertiary/aromatic N) is 2. The lowest BCUT2D eigenvalue weighted by Crippen LogP contribution is -2.32. The molecule has 3 heteroatoms. The number of hydrogen-bond donors (Lipinski definition) is 1. The summed E-state index contributed by atoms with van der Waals surface area (Å²) in [5.74, 6) is 0.906. The van der Waals surface area contributed by atoms with E-state index < -0.39 is 0 Å². The molecule has 1 aromatic rings. The predicted octanol–water partition coefficient (Wildman–Crippen LogP) is 2.99. The number of hydrogen-bond acceptors (Lipinski definition) is 3. The van der Waals surface area contributed by atoms with Gasteiger partial charge in [-0.25, -0.2) is 0 Å². The topological polar surface area (TPSA) is 28.2 Å². The molecule has 0 amide bonds. The first-order chi connectivity index (χ1) is 8.61. The van der Waals surface area contributed by atoms with Gasteiger partial charge in [0.05, 0.1) is 17.6 Å². The summed E-state index contributed by atoms with van der Waals surface area (Å²) in [6.45, 7) is 7.83. The Morgan fingerprint density at radius 2 is 2.06 bits per heavy atom. The average molecular weight is 247 g/mol. The van der Waals surface area contributed by atoms with Crippen LogP contribution in [0.15, 0.2) is 18.3 Å². The van der Waals surface area contributed by atoms with Crippen molar-refractivity contribution in [1.29, 1.82) is 0 Å². The van der Waals surface area contributed by atoms with Crippen LogP contribution in [-0.4, -0.2) is 24.6 Å². The molecule has 1 aromatic heterocycles. The second-order valence-corrected chi connectivity index (χ2v) is 5.64. The van der Waals surface area contributed by atoms with Gasteiger partial charge in [-0.1, -0.05) is 0 Å². The third-order valence-electron chi connectivity index (χ3n) is 3.75. The molecule has 1 N–H and O–H groups in total. The fourth-order valence-corrected chi connectivity index (χ4v) is 2.16. The summed E-state index contributed by atoms with van der Waals surface area (Å²) in [5.41, 5.74) is 2.36. The lowest BCUT2D eigenvalue weighted by Gasteiger charge is -2.29. The minimum Gasteiger partial charge on any atom is -0.368 e. The zero-order valence-corrected chi connectivity index (χ0v) is 12.0. The van der Waals surface area contributed by atoms with Crippen molar-refractivity contribution in [3.8, 4) is 0 Å². The minimum atomic E-state index is 0.315. The van der Waals surface area contributed by atoms with E-state index in [1.165, 1.54) is 25.1 Å². The second kappa shape index (κ2) is 5.70. The van der Waals surface area contributed by atoms with Gasteiger partial charge < -0.3 is 10.2 Å². The number of pyridine rings is 1. The van der Waals surface area contributed by atoms with Crippen LogP contribution < -0.4 is 10.2 Å². The van der Waals surface area contributed by atoms with Crippen molar-refractivity contribution in [2.75, 3.05) is 18.5 Å². The first-order valence-corrected chi connectivity index (χ1v) is 7.01. The van der Waals surface area contributed by atoms with E-state index in [0.29, 0.717) is 12.1 Å². The van der Waals surface area contributed by atoms with Gasteiger partial charge in [-0.15, -0.1) is 0 Å². The molecule has 1 aliphatic rings. The normalized spacial score (nSPS) is 16.9. The first-order valence-electron chi connectivity index (χ1n) is 7.01. The van der Waals surface area contributed by atoms with E-state index in [-0.39, 0.29) is 0 Å². The molecule has 0 aromatic carbocycles. The summed E-state index contributed by atoms with van der Waals surface area (Å²) in [6.07, 6.45) is 4.81. The van der Waals surface area contributed by atoms with Crippen LogP contribution in [0.2, 0.25) is 0 Å². The van der Waals surface area contributed by atoms with Gasteiger partial charge in [0.2, 0.25) is 0 Å². The quantitative estimate of drug-likeness (QED) is 0.837. The Labute approximate surface area is 111 Å². The summed E-state index contributed by atoms with van der Waals surface area (Å²) in [6, 6.07) is 5.20. The molecule has 1 saturated carbocycles. The number of aromatic nitrogens is 1. The van der Waals surface area contributed by atoms with E-state index >= 15 is 0 Å². The fraction of sp³-hybridized carbons (Fsp3) is 0.667. The molecule has 2 rings (SSSR count). The van der Waals surface area contributed by atoms with E-state index in [0.717, 1.165) is 11.6 Å². The van der Waals surface area contributed by atoms with E-state index in [1.807, 2.05) is 13.2 Å². The molecule has 1 fully saturated rings. The molecule has 0 radical (unpaired) electrons. The molecule has 1 aliphatic carbocycles. The zero-order chi connectivity index (χ0) is 13.1. The van der Waals surface area contributed by atoms with Crippen LogP contribution in [0.1, 0.15) is 45.3 Å². The molecule has 18 heavy (non-hydrogen) atoms. The summed E-state index contributed by atoms with van der Waals surface area (Å²) < 4.78 is 0. The molecule has 1 heterocycles. The van der Waals surface area contributed by atoms with Gasteiger partial charge in [-0.05, 0) is 58.7 Å². The van der Waals surface area contributed by atoms with Gasteiger partial charge in [0.15, 0.2) is 0 Å². The van der Waals surface area contributed by atoms with Gasteiger partial charge in [0, 0.05) is 18.6 Å². The fourth-order valence-electron chi connectivity index (χ4n) is 2.16. The monoisotopic (exact) mass is 247 g/mol. The Morgan fingerprint density at radius 3 is 2.50 bits per heavy atom. The molecular formula is C15H25N3. The summed E-state index contributed by atoms with van der Waals surface area (Å²) in [4.78, 5) is 7.05. The van der Waals surface area contributed by atoms with Crippen LogP contribution in [0.5, 0.6) is 0 Å². The van der Waals surface area contributed by atoms with E-state index in [9.17, 15) is 0 Å². The molecule has 1 atom stereocenters. The molecule has 1 unspecified atom stereocenters. The third kappa shape index (κ3) is 3.22. The number of rotatable bonds is 6. The summed E-state index contributed by atoms with van der Waals surface area (Å²) in [7, 11) is 1.97. The highest BCUT2D eigenvalue weighted by Gasteiger charge is 2.25. The Kier molecular flexibility index (Phi) is 4.23. The van der Waals surface area contributed by atoms with Crippen LogP contribution in [0.3, 0.4) is 0 Å². The van der Waals surface area contributed by atoms with Crippen molar-refractivity contribution in [1.82, 2.24) is 10.3 Å². The maximum atomic E-state index is 4.58. The van der Waals surface area contributed by atoms with Gasteiger partial charge in [0.1, 0.15) is 0 Å². The highest BCUT2D eigenvalue weighted by Crippen LogP contribution is 2.32. The van der Waals surface area contributed by atoms with Gasteiger partial charge in [-0.3, -0.25) is 4.98 Å². The van der Waals surface area contributed by atoms with Crippen molar-refractivity contribution in [2.45, 2.75) is 45.7 Å². The molecule has 0 bridgehead atoms. The van der Waals surface area contributed by atoms with Crippen molar-refractivity contribution in [2.24, 2.45) is 5.92 Å². The summed E-state index contributed by atoms with van der Waals surface area (Å²) in [5, 5.41) is 3.22. The van der Waals surface area contributed by atoms with Crippen LogP contribution in [0.4, 0.5) is 5.69 Å². The zero-order valence-electron chi connectivity index (χ0n) is 12.0. The van der Waals surface area contributed by atoms with Crippen molar-refractivity contribution in [3.63, 3.8) is 0 Å². The van der Waals surface area contributed by atoms with E-state index in [4.69, 9.17) is 0 Å². The smallest absolute Gasteiger partial charge is 0.0571 e. The van der Waals surface area contributed by atoms with E-state index in [1.54, 1.807) is 0 Å². The number of nitrogens with one attached hydrogen (secondary N) is 1. The maximum absolute atomic E-state index is 4.58. The Hall–Kier alpha value is -1.09. The SMILES string of the molecule is CNC(C)c1ccc(N(CC2CC2)C(C)C)cn1. The largest absolute Gasteiger partial charge is 0.368 e. The van der Waals surface area contributed by atoms with Crippen molar-refractivity contribution >= 4 is 5.69 Å². The van der Waals surface area contributed by atoms with Gasteiger partial charge >= 0.3 is 0 Å². The van der Waals surface area contributed by atoms with Crippen LogP contribution in [0.25, 0.3) is 0 Å². The molecule has 0 saturated heterocycles. The second-order valence-electron chi connectivity index (χ2n) is 5.64. The molecule has 0 spiro atoms. The predicted molar refractivity (Wildman–Crippen MR) is 76.9 cm³/mol. The molecule has 100 valence electrons. The lowest BCUT2D eigenvalue weighted by atomic mass is 10.2. The van der Waals surface area contributed by atoms with E-state index in [2.05, 4.69) is 48.1 Å². The standard InChI is InChI=1S/C15H25N3/c1-11(2)18(10-13-5-6-13)14-7-8-15(17-9-14)12(3)16-4/h7-9,11-13,16H,5-6,10H2,1-4H3. The number of anilines is 1. The summed E-state index contributed by atoms with van der Waals surface area (Å²) >= 11 is 0. The minimum absolute atomic E-state index is 0.315. The Bertz CT molecular complexity index is 368. The lowest BCUT2D eigenvalue weighted by molar-refractivity contribution is 0.626. The van der Waals surface area contributed by atoms with Crippen molar-refractivity contribution in [3.05, 3.63) is 24.0 Å². The van der Waals surface area contributed by atoms with Crippen LogP contribution in [-0.2, 0) is 0 Å². The average Bonchev–Trinajstić information content (AvgIpc) is 3.19. The molecular weight excluding hydrogens is 222 g/mol. The van der Waals surface area contributed by atoms with Gasteiger partial charge in [-0.2, -0.15) is 0 Å². The van der Waals surface area contributed by atoms with Crippen LogP contribution >= 0.6 is 0 Å². The highest BCUT2D eigenvalue weighted by molar-refractivity contribution is 5.46. The van der Waals surface area contributed by atoms with Crippen molar-refractivity contribution < 1.29 is 0 Å². The Morgan fingerprint density at radius 1 is 1.33 bits per heavy atom. The maximum Gasteiger partial charge on any atom is 0.0571 e. The highest BCUT2D eigenvalue weighted by atomic mass is 15.2. The molecule has 3 nitrogen and oxygen atoms in total. The van der Waals surface area contributed by atoms with Crippen LogP contribution in [0, 0.1) is 5.92 Å². The Balaban J connectivity index is 2.09. The third-order valence-corrected chi connectivity index (χ3v) is 3.75.